The average Bonchev–Trinajstić information content (AvgIpc) is 2.31. The Morgan fingerprint density at radius 1 is 1.00 bits per heavy atom. The Kier molecular flexibility index (Phi) is 4.38. The molecule has 1 unspecified atom stereocenters. The van der Waals surface area contributed by atoms with E-state index in [0.29, 0.717) is 0 Å². The van der Waals surface area contributed by atoms with Gasteiger partial charge in [-0.1, -0.05) is 25.7 Å². The summed E-state index contributed by atoms with van der Waals surface area (Å²) in [5.41, 5.74) is 0. The Morgan fingerprint density at radius 3 is 2.19 bits per heavy atom. The third-order valence-electron chi connectivity index (χ3n) is 4.17. The summed E-state index contributed by atoms with van der Waals surface area (Å²) in [5, 5.41) is -0.0228. The predicted octanol–water partition coefficient (Wildman–Crippen LogP) is 4.80. The lowest BCUT2D eigenvalue weighted by Crippen LogP contribution is -2.26. The molecule has 2 aliphatic carbocycles. The van der Waals surface area contributed by atoms with Crippen molar-refractivity contribution in [1.82, 2.24) is 0 Å². The zero-order valence-corrected chi connectivity index (χ0v) is 11.3. The minimum atomic E-state index is -1.45. The van der Waals surface area contributed by atoms with Crippen LogP contribution in [0.3, 0.4) is 0 Å². The molecule has 0 bridgehead atoms. The fraction of sp³-hybridized carbons (Fsp3) is 1.00. The van der Waals surface area contributed by atoms with Crippen LogP contribution in [-0.4, -0.2) is 11.3 Å². The third kappa shape index (κ3) is 3.05. The second kappa shape index (κ2) is 5.60. The molecule has 0 N–H and O–H groups in total. The van der Waals surface area contributed by atoms with Gasteiger partial charge in [-0.25, -0.2) is 0 Å². The van der Waals surface area contributed by atoms with E-state index in [-0.39, 0.29) is 11.3 Å². The van der Waals surface area contributed by atoms with Crippen LogP contribution in [0.5, 0.6) is 0 Å². The molecule has 1 atom stereocenters. The van der Waals surface area contributed by atoms with E-state index in [2.05, 4.69) is 6.92 Å². The van der Waals surface area contributed by atoms with Crippen LogP contribution in [0.1, 0.15) is 71.1 Å². The fourth-order valence-electron chi connectivity index (χ4n) is 2.93. The lowest BCUT2D eigenvalue weighted by molar-refractivity contribution is 0.156. The predicted molar refractivity (Wildman–Crippen MR) is 67.1 cm³/mol. The topological polar surface area (TPSA) is 26.3 Å². The minimum Gasteiger partial charge on any atom is -0.143 e. The third-order valence-corrected chi connectivity index (χ3v) is 5.99. The molecule has 92 valence electrons. The highest BCUT2D eigenvalue weighted by atomic mass is 31.1. The van der Waals surface area contributed by atoms with E-state index in [4.69, 9.17) is 4.52 Å². The molecule has 2 fully saturated rings. The van der Waals surface area contributed by atoms with E-state index < -0.39 is 8.03 Å². The van der Waals surface area contributed by atoms with Gasteiger partial charge in [0.25, 0.3) is 0 Å². The average molecular weight is 243 g/mol. The standard InChI is InChI=1S/C13H24O2P/c1-13(10-6-3-7-11-13)16(14)15-12-8-4-2-5-9-12/h12H,2-11H2,1H3/q+1. The van der Waals surface area contributed by atoms with Gasteiger partial charge in [0.15, 0.2) is 5.16 Å². The van der Waals surface area contributed by atoms with Gasteiger partial charge < -0.3 is 0 Å². The molecule has 16 heavy (non-hydrogen) atoms. The Labute approximate surface area is 100 Å². The monoisotopic (exact) mass is 243 g/mol. The summed E-state index contributed by atoms with van der Waals surface area (Å²) in [4.78, 5) is 0. The molecule has 2 saturated carbocycles. The maximum absolute atomic E-state index is 12.3. The van der Waals surface area contributed by atoms with Crippen molar-refractivity contribution in [1.29, 1.82) is 0 Å². The van der Waals surface area contributed by atoms with Crippen molar-refractivity contribution >= 4 is 8.03 Å². The maximum atomic E-state index is 12.3. The lowest BCUT2D eigenvalue weighted by Gasteiger charge is -2.24. The van der Waals surface area contributed by atoms with E-state index in [0.717, 1.165) is 25.7 Å². The fourth-order valence-corrected chi connectivity index (χ4v) is 4.35. The van der Waals surface area contributed by atoms with Gasteiger partial charge in [-0.05, 0) is 50.0 Å². The molecule has 0 aromatic carbocycles. The lowest BCUT2D eigenvalue weighted by atomic mass is 9.90. The van der Waals surface area contributed by atoms with Crippen LogP contribution in [0.2, 0.25) is 0 Å². The Balaban J connectivity index is 1.85. The molecule has 0 amide bonds. The zero-order chi connectivity index (χ0) is 11.4. The first-order valence-electron chi connectivity index (χ1n) is 6.85. The van der Waals surface area contributed by atoms with Gasteiger partial charge in [0.05, 0.1) is 0 Å². The molecule has 2 aliphatic rings. The van der Waals surface area contributed by atoms with Crippen LogP contribution < -0.4 is 0 Å². The molecule has 2 nitrogen and oxygen atoms in total. The second-order valence-corrected chi connectivity index (χ2v) is 7.48. The van der Waals surface area contributed by atoms with Gasteiger partial charge in [-0.15, -0.1) is 4.52 Å². The van der Waals surface area contributed by atoms with Crippen molar-refractivity contribution in [2.45, 2.75) is 82.4 Å². The highest BCUT2D eigenvalue weighted by Gasteiger charge is 2.48. The van der Waals surface area contributed by atoms with E-state index in [1.54, 1.807) is 0 Å². The van der Waals surface area contributed by atoms with Gasteiger partial charge >= 0.3 is 8.03 Å². The first kappa shape index (κ1) is 12.5. The van der Waals surface area contributed by atoms with Crippen LogP contribution in [-0.2, 0) is 9.09 Å². The van der Waals surface area contributed by atoms with Gasteiger partial charge in [0.2, 0.25) is 0 Å². The van der Waals surface area contributed by atoms with Crippen molar-refractivity contribution in [3.63, 3.8) is 0 Å². The summed E-state index contributed by atoms with van der Waals surface area (Å²) >= 11 is 0. The van der Waals surface area contributed by atoms with E-state index in [9.17, 15) is 4.57 Å². The van der Waals surface area contributed by atoms with Crippen LogP contribution >= 0.6 is 8.03 Å². The summed E-state index contributed by atoms with van der Waals surface area (Å²) in [6, 6.07) is 0. The summed E-state index contributed by atoms with van der Waals surface area (Å²) in [6.45, 7) is 2.16. The molecule has 0 aromatic rings. The van der Waals surface area contributed by atoms with Crippen molar-refractivity contribution in [2.24, 2.45) is 0 Å². The molecule has 0 aliphatic heterocycles. The first-order chi connectivity index (χ1) is 7.71. The number of hydrogen-bond acceptors (Lipinski definition) is 2. The van der Waals surface area contributed by atoms with Crippen LogP contribution in [0.4, 0.5) is 0 Å². The Hall–Kier alpha value is 0.0600. The molecule has 2 rings (SSSR count). The normalized spacial score (nSPS) is 27.7. The molecule has 0 radical (unpaired) electrons. The zero-order valence-electron chi connectivity index (χ0n) is 10.4. The summed E-state index contributed by atoms with van der Waals surface area (Å²) in [7, 11) is -1.45. The largest absolute Gasteiger partial charge is 0.514 e. The van der Waals surface area contributed by atoms with Gasteiger partial charge in [-0.2, -0.15) is 0 Å². The number of rotatable bonds is 3. The Morgan fingerprint density at radius 2 is 1.56 bits per heavy atom. The van der Waals surface area contributed by atoms with E-state index in [1.807, 2.05) is 0 Å². The van der Waals surface area contributed by atoms with Crippen LogP contribution in [0, 0.1) is 0 Å². The smallest absolute Gasteiger partial charge is 0.143 e. The van der Waals surface area contributed by atoms with Crippen LogP contribution in [0.25, 0.3) is 0 Å². The van der Waals surface area contributed by atoms with Crippen molar-refractivity contribution in [3.8, 4) is 0 Å². The number of hydrogen-bond donors (Lipinski definition) is 0. The van der Waals surface area contributed by atoms with Gasteiger partial charge in [0.1, 0.15) is 6.10 Å². The van der Waals surface area contributed by atoms with Gasteiger partial charge in [-0.3, -0.25) is 0 Å². The molecular formula is C13H24O2P+. The van der Waals surface area contributed by atoms with E-state index >= 15 is 0 Å². The summed E-state index contributed by atoms with van der Waals surface area (Å²) in [5.74, 6) is 0. The summed E-state index contributed by atoms with van der Waals surface area (Å²) < 4.78 is 18.2. The summed E-state index contributed by atoms with van der Waals surface area (Å²) in [6.07, 6.45) is 12.3. The van der Waals surface area contributed by atoms with E-state index in [1.165, 1.54) is 38.5 Å². The van der Waals surface area contributed by atoms with Crippen molar-refractivity contribution < 1.29 is 9.09 Å². The van der Waals surface area contributed by atoms with Gasteiger partial charge in [0, 0.05) is 0 Å². The molecular weight excluding hydrogens is 219 g/mol. The SMILES string of the molecule is CC1([P+](=O)OC2CCCCC2)CCCCC1. The molecule has 0 spiro atoms. The quantitative estimate of drug-likeness (QED) is 0.665. The molecule has 0 heterocycles. The van der Waals surface area contributed by atoms with Crippen molar-refractivity contribution in [3.05, 3.63) is 0 Å². The minimum absolute atomic E-state index is 0.0228. The second-order valence-electron chi connectivity index (χ2n) is 5.68. The first-order valence-corrected chi connectivity index (χ1v) is 8.03. The van der Waals surface area contributed by atoms with Crippen LogP contribution in [0.15, 0.2) is 0 Å². The highest BCUT2D eigenvalue weighted by Crippen LogP contribution is 2.50. The molecule has 3 heteroatoms. The molecule has 0 saturated heterocycles. The maximum Gasteiger partial charge on any atom is 0.514 e. The Bertz CT molecular complexity index is 240. The van der Waals surface area contributed by atoms with Crippen molar-refractivity contribution in [2.75, 3.05) is 0 Å². The highest BCUT2D eigenvalue weighted by molar-refractivity contribution is 7.41. The molecule has 0 aromatic heterocycles.